The third-order valence-corrected chi connectivity index (χ3v) is 5.20. The summed E-state index contributed by atoms with van der Waals surface area (Å²) in [7, 11) is 0. The van der Waals surface area contributed by atoms with Crippen molar-refractivity contribution in [1.82, 2.24) is 20.3 Å². The van der Waals surface area contributed by atoms with E-state index in [0.29, 0.717) is 34.0 Å². The molecule has 0 aliphatic rings. The van der Waals surface area contributed by atoms with Gasteiger partial charge in [-0.3, -0.25) is 9.89 Å². The van der Waals surface area contributed by atoms with Crippen LogP contribution in [0.4, 0.5) is 5.82 Å². The van der Waals surface area contributed by atoms with Crippen molar-refractivity contribution >= 4 is 35.1 Å². The molecule has 2 aromatic heterocycles. The lowest BCUT2D eigenvalue weighted by Crippen LogP contribution is -2.25. The lowest BCUT2D eigenvalue weighted by atomic mass is 10.2. The number of anilines is 1. The number of nitrogens with one attached hydrogen (secondary N) is 2. The second kappa shape index (κ2) is 9.05. The minimum absolute atomic E-state index is 0.139. The Kier molecular flexibility index (Phi) is 6.52. The molecular weight excluding hydrogens is 386 g/mol. The quantitative estimate of drug-likeness (QED) is 0.526. The molecule has 0 spiro atoms. The van der Waals surface area contributed by atoms with Crippen molar-refractivity contribution in [3.05, 3.63) is 41.1 Å². The van der Waals surface area contributed by atoms with E-state index in [1.165, 1.54) is 11.8 Å². The van der Waals surface area contributed by atoms with Crippen LogP contribution in [0.25, 0.3) is 11.4 Å². The number of H-pyrrole nitrogens is 1. The highest BCUT2D eigenvalue weighted by molar-refractivity contribution is 8.00. The standard InChI is InChI=1S/C18H20ClN5O2S/c1-3-4-5-14(17(25)20-15-10-11(2)26-24-15)27-18-21-16(22-23-18)12-6-8-13(19)9-7-12/h6-10,14H,3-5H2,1-2H3,(H,20,24,25)(H,21,22,23)/t14-/m1/s1. The first kappa shape index (κ1) is 19.4. The molecule has 9 heteroatoms. The zero-order valence-corrected chi connectivity index (χ0v) is 16.6. The molecule has 0 saturated heterocycles. The number of unbranched alkanes of at least 4 members (excludes halogenated alkanes) is 1. The number of rotatable bonds is 8. The lowest BCUT2D eigenvalue weighted by Gasteiger charge is -2.13. The van der Waals surface area contributed by atoms with E-state index >= 15 is 0 Å². The van der Waals surface area contributed by atoms with Gasteiger partial charge in [0.05, 0.1) is 5.25 Å². The van der Waals surface area contributed by atoms with Gasteiger partial charge in [-0.15, -0.1) is 5.10 Å². The summed E-state index contributed by atoms with van der Waals surface area (Å²) in [4.78, 5) is 17.1. The van der Waals surface area contributed by atoms with Gasteiger partial charge < -0.3 is 9.84 Å². The molecule has 7 nitrogen and oxygen atoms in total. The van der Waals surface area contributed by atoms with Crippen LogP contribution in [0.2, 0.25) is 5.02 Å². The highest BCUT2D eigenvalue weighted by Gasteiger charge is 2.23. The van der Waals surface area contributed by atoms with Gasteiger partial charge in [0.2, 0.25) is 11.1 Å². The van der Waals surface area contributed by atoms with Gasteiger partial charge >= 0.3 is 0 Å². The van der Waals surface area contributed by atoms with Crippen molar-refractivity contribution in [2.75, 3.05) is 5.32 Å². The fraction of sp³-hybridized carbons (Fsp3) is 0.333. The maximum absolute atomic E-state index is 12.7. The summed E-state index contributed by atoms with van der Waals surface area (Å²) >= 11 is 7.25. The number of hydrogen-bond donors (Lipinski definition) is 2. The number of aromatic nitrogens is 4. The summed E-state index contributed by atoms with van der Waals surface area (Å²) in [5.74, 6) is 1.55. The van der Waals surface area contributed by atoms with Gasteiger partial charge in [-0.2, -0.15) is 0 Å². The molecule has 2 N–H and O–H groups in total. The van der Waals surface area contributed by atoms with Gasteiger partial charge in [0.25, 0.3) is 0 Å². The number of aryl methyl sites for hydroxylation is 1. The molecule has 27 heavy (non-hydrogen) atoms. The molecule has 0 aliphatic heterocycles. The molecule has 1 atom stereocenters. The second-order valence-electron chi connectivity index (χ2n) is 6.03. The SMILES string of the molecule is CCCC[C@@H](Sc1n[nH]c(-c2ccc(Cl)cc2)n1)C(=O)Nc1cc(C)on1. The molecule has 142 valence electrons. The normalized spacial score (nSPS) is 12.1. The maximum Gasteiger partial charge on any atom is 0.239 e. The van der Waals surface area contributed by atoms with Crippen LogP contribution in [-0.4, -0.2) is 31.5 Å². The molecule has 0 aliphatic carbocycles. The predicted octanol–water partition coefficient (Wildman–Crippen LogP) is 4.71. The maximum atomic E-state index is 12.7. The number of hydrogen-bond acceptors (Lipinski definition) is 6. The zero-order chi connectivity index (χ0) is 19.2. The number of thioether (sulfide) groups is 1. The van der Waals surface area contributed by atoms with Crippen molar-refractivity contribution in [1.29, 1.82) is 0 Å². The molecule has 0 fully saturated rings. The molecule has 1 aromatic carbocycles. The Hall–Kier alpha value is -2.32. The molecule has 1 amide bonds. The number of nitrogens with zero attached hydrogens (tertiary/aromatic N) is 3. The van der Waals surface area contributed by atoms with E-state index in [2.05, 4.69) is 32.6 Å². The average Bonchev–Trinajstić information content (AvgIpc) is 3.28. The van der Waals surface area contributed by atoms with Gasteiger partial charge in [-0.1, -0.05) is 48.3 Å². The van der Waals surface area contributed by atoms with Gasteiger partial charge in [-0.05, 0) is 37.6 Å². The Morgan fingerprint density at radius 3 is 2.81 bits per heavy atom. The largest absolute Gasteiger partial charge is 0.360 e. The zero-order valence-electron chi connectivity index (χ0n) is 15.0. The molecule has 0 radical (unpaired) electrons. The van der Waals surface area contributed by atoms with Crippen molar-refractivity contribution in [3.8, 4) is 11.4 Å². The van der Waals surface area contributed by atoms with Crippen LogP contribution in [0.15, 0.2) is 40.0 Å². The summed E-state index contributed by atoms with van der Waals surface area (Å²) < 4.78 is 4.99. The smallest absolute Gasteiger partial charge is 0.239 e. The van der Waals surface area contributed by atoms with Crippen molar-refractivity contribution < 1.29 is 9.32 Å². The van der Waals surface area contributed by atoms with E-state index in [1.54, 1.807) is 25.1 Å². The van der Waals surface area contributed by atoms with E-state index in [9.17, 15) is 4.79 Å². The van der Waals surface area contributed by atoms with Crippen LogP contribution in [0.3, 0.4) is 0 Å². The highest BCUT2D eigenvalue weighted by Crippen LogP contribution is 2.27. The predicted molar refractivity (Wildman–Crippen MR) is 106 cm³/mol. The molecule has 2 heterocycles. The summed E-state index contributed by atoms with van der Waals surface area (Å²) in [6, 6.07) is 9.01. The van der Waals surface area contributed by atoms with Crippen LogP contribution >= 0.6 is 23.4 Å². The first-order valence-electron chi connectivity index (χ1n) is 8.64. The van der Waals surface area contributed by atoms with E-state index in [-0.39, 0.29) is 11.2 Å². The molecule has 3 rings (SSSR count). The third kappa shape index (κ3) is 5.33. The van der Waals surface area contributed by atoms with Crippen molar-refractivity contribution in [3.63, 3.8) is 0 Å². The van der Waals surface area contributed by atoms with Crippen LogP contribution in [-0.2, 0) is 4.79 Å². The average molecular weight is 406 g/mol. The first-order chi connectivity index (χ1) is 13.0. The van der Waals surface area contributed by atoms with E-state index in [1.807, 2.05) is 12.1 Å². The molecule has 3 aromatic rings. The fourth-order valence-electron chi connectivity index (χ4n) is 2.43. The molecule has 0 bridgehead atoms. The topological polar surface area (TPSA) is 96.7 Å². The Morgan fingerprint density at radius 2 is 2.15 bits per heavy atom. The number of carbonyl (C=O) groups is 1. The first-order valence-corrected chi connectivity index (χ1v) is 9.90. The van der Waals surface area contributed by atoms with Gasteiger partial charge in [0.1, 0.15) is 5.76 Å². The third-order valence-electron chi connectivity index (χ3n) is 3.82. The van der Waals surface area contributed by atoms with E-state index in [4.69, 9.17) is 16.1 Å². The lowest BCUT2D eigenvalue weighted by molar-refractivity contribution is -0.115. The summed E-state index contributed by atoms with van der Waals surface area (Å²) in [6.45, 7) is 3.87. The van der Waals surface area contributed by atoms with Crippen LogP contribution < -0.4 is 5.32 Å². The number of carbonyl (C=O) groups excluding carboxylic acids is 1. The minimum Gasteiger partial charge on any atom is -0.360 e. The Bertz CT molecular complexity index is 893. The number of benzene rings is 1. The second-order valence-corrected chi connectivity index (χ2v) is 7.64. The molecular formula is C18H20ClN5O2S. The summed E-state index contributed by atoms with van der Waals surface area (Å²) in [5, 5.41) is 14.6. The minimum atomic E-state index is -0.323. The monoisotopic (exact) mass is 405 g/mol. The Labute approximate surface area is 166 Å². The fourth-order valence-corrected chi connectivity index (χ4v) is 3.50. The summed E-state index contributed by atoms with van der Waals surface area (Å²) in [5.41, 5.74) is 0.881. The van der Waals surface area contributed by atoms with Crippen LogP contribution in [0.1, 0.15) is 31.9 Å². The molecule has 0 unspecified atom stereocenters. The number of halogens is 1. The van der Waals surface area contributed by atoms with Crippen molar-refractivity contribution in [2.24, 2.45) is 0 Å². The van der Waals surface area contributed by atoms with Crippen LogP contribution in [0.5, 0.6) is 0 Å². The van der Waals surface area contributed by atoms with Gasteiger partial charge in [-0.25, -0.2) is 4.98 Å². The van der Waals surface area contributed by atoms with Gasteiger partial charge in [0, 0.05) is 16.7 Å². The van der Waals surface area contributed by atoms with E-state index in [0.717, 1.165) is 18.4 Å². The number of aromatic amines is 1. The highest BCUT2D eigenvalue weighted by atomic mass is 35.5. The Balaban J connectivity index is 1.70. The Morgan fingerprint density at radius 1 is 1.37 bits per heavy atom. The molecule has 0 saturated carbocycles. The van der Waals surface area contributed by atoms with Crippen molar-refractivity contribution in [2.45, 2.75) is 43.5 Å². The summed E-state index contributed by atoms with van der Waals surface area (Å²) in [6.07, 6.45) is 2.64. The van der Waals surface area contributed by atoms with E-state index < -0.39 is 0 Å². The van der Waals surface area contributed by atoms with Crippen LogP contribution in [0, 0.1) is 6.92 Å². The van der Waals surface area contributed by atoms with Gasteiger partial charge in [0.15, 0.2) is 11.6 Å². The number of amides is 1.